The monoisotopic (exact) mass is 194 g/mol. The molecule has 0 aromatic carbocycles. The van der Waals surface area contributed by atoms with Crippen molar-refractivity contribution < 1.29 is 0 Å². The molecule has 0 nitrogen and oxygen atoms in total. The Morgan fingerprint density at radius 2 is 0.385 bits per heavy atom. The van der Waals surface area contributed by atoms with Crippen LogP contribution in [0.4, 0.5) is 0 Å². The van der Waals surface area contributed by atoms with Gasteiger partial charge in [0.2, 0.25) is 0 Å². The van der Waals surface area contributed by atoms with Crippen LogP contribution < -0.4 is 0 Å². The largest absolute Gasteiger partial charge is 0.106 e. The Balaban J connectivity index is -0.00000000379. The maximum Gasteiger partial charge on any atom is -0.0683 e. The van der Waals surface area contributed by atoms with E-state index in [0.29, 0.717) is 0 Å². The first kappa shape index (κ1) is 81.9. The van der Waals surface area contributed by atoms with Gasteiger partial charge < -0.3 is 0 Å². The van der Waals surface area contributed by atoms with E-state index in [4.69, 9.17) is 0 Å². The first-order valence-corrected chi connectivity index (χ1v) is 4.00. The Hall–Kier alpha value is -0.520. The van der Waals surface area contributed by atoms with Crippen LogP contribution in [0, 0.1) is 0 Å². The lowest BCUT2D eigenvalue weighted by atomic mass is 11.0. The molecule has 0 aliphatic carbocycles. The van der Waals surface area contributed by atoms with Crippen LogP contribution in [-0.4, -0.2) is 0 Å². The highest BCUT2D eigenvalue weighted by molar-refractivity contribution is 4.22. The zero-order valence-corrected chi connectivity index (χ0v) is 8.83. The number of hydrogen-bond donors (Lipinski definition) is 0. The molecule has 0 aromatic rings. The van der Waals surface area contributed by atoms with Gasteiger partial charge in [-0.2, -0.15) is 0 Å². The Labute approximate surface area is 90.8 Å². The van der Waals surface area contributed by atoms with Crippen molar-refractivity contribution in [2.24, 2.45) is 0 Å². The van der Waals surface area contributed by atoms with Gasteiger partial charge in [-0.05, 0) is 0 Å². The summed E-state index contributed by atoms with van der Waals surface area (Å²) in [5, 5.41) is 0. The fraction of sp³-hybridized carbons (Fsp3) is 0.692. The topological polar surface area (TPSA) is 0 Å². The van der Waals surface area contributed by atoms with Crippen LogP contribution in [-0.2, 0) is 0 Å². The van der Waals surface area contributed by atoms with Crippen molar-refractivity contribution in [1.29, 1.82) is 0 Å². The minimum Gasteiger partial charge on any atom is -0.106 e. The molecule has 0 radical (unpaired) electrons. The Morgan fingerprint density at radius 1 is 0.385 bits per heavy atom. The summed E-state index contributed by atoms with van der Waals surface area (Å²) in [5.41, 5.74) is 0. The molecule has 90 valence electrons. The quantitative estimate of drug-likeness (QED) is 0.381. The summed E-state index contributed by atoms with van der Waals surface area (Å²) in [7, 11) is 0. The van der Waals surface area contributed by atoms with Gasteiger partial charge in [-0.15, -0.1) is 26.3 Å². The van der Waals surface area contributed by atoms with Gasteiger partial charge in [-0.1, -0.05) is 63.8 Å². The standard InChI is InChI=1S/3C2H6.2C2H4.3CH4/c5*1-2;;;/h3*1-2H3;2*1-2H2;3*1H4. The van der Waals surface area contributed by atoms with E-state index in [0.717, 1.165) is 0 Å². The van der Waals surface area contributed by atoms with E-state index >= 15 is 0 Å². The third-order valence-corrected chi connectivity index (χ3v) is 0. The summed E-state index contributed by atoms with van der Waals surface area (Å²) in [6.45, 7) is 24.0. The van der Waals surface area contributed by atoms with Gasteiger partial charge in [0.15, 0.2) is 0 Å². The van der Waals surface area contributed by atoms with Crippen LogP contribution in [0.3, 0.4) is 0 Å². The molecule has 0 heterocycles. The predicted octanol–water partition coefficient (Wildman–Crippen LogP) is 6.59. The summed E-state index contributed by atoms with van der Waals surface area (Å²) in [6, 6.07) is 0. The zero-order chi connectivity index (χ0) is 10.0. The van der Waals surface area contributed by atoms with E-state index in [-0.39, 0.29) is 22.3 Å². The molecular weight excluding hydrogens is 156 g/mol. The predicted molar refractivity (Wildman–Crippen MR) is 76.7 cm³/mol. The minimum atomic E-state index is 0. The molecule has 0 unspecified atom stereocenters. The average Bonchev–Trinajstić information content (AvgIpc) is 2.20. The molecule has 0 heteroatoms. The summed E-state index contributed by atoms with van der Waals surface area (Å²) >= 11 is 0. The van der Waals surface area contributed by atoms with Gasteiger partial charge in [0.05, 0.1) is 0 Å². The van der Waals surface area contributed by atoms with Crippen molar-refractivity contribution in [3.8, 4) is 0 Å². The second kappa shape index (κ2) is 4660. The summed E-state index contributed by atoms with van der Waals surface area (Å²) < 4.78 is 0. The van der Waals surface area contributed by atoms with Crippen molar-refractivity contribution in [1.82, 2.24) is 0 Å². The van der Waals surface area contributed by atoms with E-state index < -0.39 is 0 Å². The molecule has 0 aromatic heterocycles. The molecule has 0 saturated heterocycles. The lowest BCUT2D eigenvalue weighted by molar-refractivity contribution is 1.50. The van der Waals surface area contributed by atoms with Crippen LogP contribution in [0.2, 0.25) is 0 Å². The Bertz CT molecular complexity index is 2.00. The molecule has 0 saturated carbocycles. The molecule has 0 bridgehead atoms. The van der Waals surface area contributed by atoms with Crippen molar-refractivity contribution in [2.75, 3.05) is 0 Å². The van der Waals surface area contributed by atoms with Crippen LogP contribution in [0.1, 0.15) is 63.8 Å². The van der Waals surface area contributed by atoms with E-state index in [2.05, 4.69) is 26.3 Å². The maximum atomic E-state index is 3.00. The van der Waals surface area contributed by atoms with Gasteiger partial charge in [0, 0.05) is 0 Å². The SMILES string of the molecule is C.C.C.C=C.C=C.CC.CC.CC. The normalized spacial score (nSPS) is 2.00. The second-order valence-corrected chi connectivity index (χ2v) is 0. The molecule has 0 N–H and O–H groups in total. The number of hydrogen-bond acceptors (Lipinski definition) is 0. The molecular formula is C13H38. The fourth-order valence-corrected chi connectivity index (χ4v) is 0. The average molecular weight is 194 g/mol. The highest BCUT2D eigenvalue weighted by Gasteiger charge is 0.936. The molecule has 0 spiro atoms. The van der Waals surface area contributed by atoms with Crippen LogP contribution >= 0.6 is 0 Å². The molecule has 0 aliphatic rings. The van der Waals surface area contributed by atoms with E-state index in [1.54, 1.807) is 0 Å². The third kappa shape index (κ3) is 3820. The van der Waals surface area contributed by atoms with Gasteiger partial charge in [-0.3, -0.25) is 0 Å². The van der Waals surface area contributed by atoms with Gasteiger partial charge >= 0.3 is 0 Å². The summed E-state index contributed by atoms with van der Waals surface area (Å²) in [5.74, 6) is 0. The first-order valence-electron chi connectivity index (χ1n) is 4.00. The fourth-order valence-electron chi connectivity index (χ4n) is 0. The molecule has 13 heavy (non-hydrogen) atoms. The van der Waals surface area contributed by atoms with E-state index in [9.17, 15) is 0 Å². The zero-order valence-electron chi connectivity index (χ0n) is 8.83. The Morgan fingerprint density at radius 3 is 0.385 bits per heavy atom. The summed E-state index contributed by atoms with van der Waals surface area (Å²) in [4.78, 5) is 0. The van der Waals surface area contributed by atoms with E-state index in [1.807, 2.05) is 41.5 Å². The van der Waals surface area contributed by atoms with Crippen molar-refractivity contribution in [3.63, 3.8) is 0 Å². The molecule has 0 fully saturated rings. The highest BCUT2D eigenvalue weighted by atomic mass is 13.0. The van der Waals surface area contributed by atoms with Crippen molar-refractivity contribution in [3.05, 3.63) is 26.3 Å². The highest BCUT2D eigenvalue weighted by Crippen LogP contribution is 1.15. The third-order valence-electron chi connectivity index (χ3n) is 0. The Kier molecular flexibility index (Phi) is 29400. The maximum absolute atomic E-state index is 3.00. The van der Waals surface area contributed by atoms with Crippen molar-refractivity contribution >= 4 is 0 Å². The number of rotatable bonds is 0. The second-order valence-electron chi connectivity index (χ2n) is 0. The van der Waals surface area contributed by atoms with E-state index in [1.165, 1.54) is 0 Å². The molecule has 0 amide bonds. The van der Waals surface area contributed by atoms with Crippen molar-refractivity contribution in [2.45, 2.75) is 63.8 Å². The van der Waals surface area contributed by atoms with Crippen LogP contribution in [0.15, 0.2) is 26.3 Å². The molecule has 0 aliphatic heterocycles. The lowest BCUT2D eigenvalue weighted by Crippen LogP contribution is -0.856. The van der Waals surface area contributed by atoms with Gasteiger partial charge in [-0.25, -0.2) is 0 Å². The smallest absolute Gasteiger partial charge is 0.0683 e. The van der Waals surface area contributed by atoms with Gasteiger partial charge in [0.1, 0.15) is 0 Å². The molecule has 0 atom stereocenters. The minimum absolute atomic E-state index is 0. The first-order chi connectivity index (χ1) is 5.00. The molecule has 0 rings (SSSR count). The lowest BCUT2D eigenvalue weighted by Gasteiger charge is -1.07. The van der Waals surface area contributed by atoms with Crippen LogP contribution in [0.5, 0.6) is 0 Å². The van der Waals surface area contributed by atoms with Gasteiger partial charge in [0.25, 0.3) is 0 Å². The van der Waals surface area contributed by atoms with Crippen LogP contribution in [0.25, 0.3) is 0 Å². The summed E-state index contributed by atoms with van der Waals surface area (Å²) in [6.07, 6.45) is 0.